The van der Waals surface area contributed by atoms with Crippen LogP contribution in [0.2, 0.25) is 0 Å². The molecule has 0 aliphatic heterocycles. The molecule has 2 atom stereocenters. The summed E-state index contributed by atoms with van der Waals surface area (Å²) >= 11 is 0. The van der Waals surface area contributed by atoms with Crippen LogP contribution in [0.1, 0.15) is 35.1 Å². The highest BCUT2D eigenvalue weighted by atomic mass is 31.0. The maximum atomic E-state index is 3.75. The van der Waals surface area contributed by atoms with Crippen molar-refractivity contribution in [2.75, 3.05) is 13.1 Å². The van der Waals surface area contributed by atoms with E-state index in [0.717, 1.165) is 25.9 Å². The van der Waals surface area contributed by atoms with Crippen LogP contribution < -0.4 is 5.32 Å². The Hall–Kier alpha value is -2.30. The average molecular weight is 470 g/mol. The van der Waals surface area contributed by atoms with Crippen molar-refractivity contribution in [2.45, 2.75) is 23.2 Å². The van der Waals surface area contributed by atoms with Crippen LogP contribution in [0.3, 0.4) is 0 Å². The Balaban J connectivity index is 1.45. The highest BCUT2D eigenvalue weighted by Gasteiger charge is 2.30. The van der Waals surface area contributed by atoms with Crippen molar-refractivity contribution in [1.82, 2.24) is 5.32 Å². The summed E-state index contributed by atoms with van der Waals surface area (Å²) < 4.78 is 0. The second-order valence-corrected chi connectivity index (χ2v) is 10.6. The Morgan fingerprint density at radius 3 is 0.909 bits per heavy atom. The van der Waals surface area contributed by atoms with Crippen molar-refractivity contribution in [1.29, 1.82) is 0 Å². The van der Waals surface area contributed by atoms with E-state index < -0.39 is 0 Å². The van der Waals surface area contributed by atoms with Crippen molar-refractivity contribution in [3.8, 4) is 0 Å². The van der Waals surface area contributed by atoms with Crippen molar-refractivity contribution in [2.24, 2.45) is 0 Å². The van der Waals surface area contributed by atoms with E-state index in [1.807, 2.05) is 0 Å². The summed E-state index contributed by atoms with van der Waals surface area (Å²) in [5, 5.41) is 3.54. The van der Waals surface area contributed by atoms with Crippen LogP contribution in [0.15, 0.2) is 121 Å². The molecule has 2 unspecified atom stereocenters. The lowest BCUT2D eigenvalue weighted by molar-refractivity contribution is 0.543. The number of benzene rings is 4. The predicted molar refractivity (Wildman–Crippen MR) is 149 cm³/mol. The van der Waals surface area contributed by atoms with E-state index in [4.69, 9.17) is 0 Å². The Bertz CT molecular complexity index is 929. The molecule has 0 spiro atoms. The van der Waals surface area contributed by atoms with Crippen LogP contribution in [-0.4, -0.2) is 13.1 Å². The van der Waals surface area contributed by atoms with Crippen LogP contribution in [0, 0.1) is 0 Å². The lowest BCUT2D eigenvalue weighted by atomic mass is 9.86. The third-order valence-corrected chi connectivity index (χ3v) is 8.46. The molecule has 0 amide bonds. The summed E-state index contributed by atoms with van der Waals surface area (Å²) in [7, 11) is 6.30. The summed E-state index contributed by atoms with van der Waals surface area (Å²) in [4.78, 5) is 0. The lowest BCUT2D eigenvalue weighted by Gasteiger charge is -2.33. The Morgan fingerprint density at radius 1 is 0.424 bits per heavy atom. The maximum absolute atomic E-state index is 3.75. The number of rotatable bonds is 10. The van der Waals surface area contributed by atoms with Crippen molar-refractivity contribution in [3.05, 3.63) is 144 Å². The van der Waals surface area contributed by atoms with Gasteiger partial charge in [-0.05, 0) is 48.2 Å². The van der Waals surface area contributed by atoms with Gasteiger partial charge in [-0.15, -0.1) is 18.5 Å². The summed E-state index contributed by atoms with van der Waals surface area (Å²) in [5.74, 6) is 0. The van der Waals surface area contributed by atoms with Crippen LogP contribution in [-0.2, 0) is 10.3 Å². The summed E-state index contributed by atoms with van der Waals surface area (Å²) in [6.45, 7) is 1.88. The van der Waals surface area contributed by atoms with E-state index in [1.165, 1.54) is 22.3 Å². The van der Waals surface area contributed by atoms with E-state index in [0.29, 0.717) is 0 Å². The predicted octanol–water partition coefficient (Wildman–Crippen LogP) is 6.99. The van der Waals surface area contributed by atoms with E-state index >= 15 is 0 Å². The van der Waals surface area contributed by atoms with Gasteiger partial charge in [0, 0.05) is 10.3 Å². The third-order valence-electron chi connectivity index (χ3n) is 6.55. The molecule has 0 aliphatic carbocycles. The molecule has 0 aromatic heterocycles. The van der Waals surface area contributed by atoms with Gasteiger partial charge in [-0.25, -0.2) is 0 Å². The quantitative estimate of drug-likeness (QED) is 0.195. The smallest absolute Gasteiger partial charge is 0.0356 e. The van der Waals surface area contributed by atoms with Gasteiger partial charge in [-0.2, -0.15) is 0 Å². The molecular formula is C30H33NP2. The van der Waals surface area contributed by atoms with Gasteiger partial charge in [0.15, 0.2) is 0 Å². The van der Waals surface area contributed by atoms with Gasteiger partial charge in [0.25, 0.3) is 0 Å². The molecule has 3 heteroatoms. The fourth-order valence-electron chi connectivity index (χ4n) is 4.55. The zero-order valence-corrected chi connectivity index (χ0v) is 21.3. The first-order valence-electron chi connectivity index (χ1n) is 11.6. The Labute approximate surface area is 203 Å². The molecule has 4 aromatic carbocycles. The largest absolute Gasteiger partial charge is 0.317 e. The van der Waals surface area contributed by atoms with Crippen LogP contribution in [0.25, 0.3) is 0 Å². The van der Waals surface area contributed by atoms with E-state index in [-0.39, 0.29) is 10.3 Å². The van der Waals surface area contributed by atoms with E-state index in [1.54, 1.807) is 0 Å². The van der Waals surface area contributed by atoms with Gasteiger partial charge < -0.3 is 5.32 Å². The Morgan fingerprint density at radius 2 is 0.667 bits per heavy atom. The summed E-state index contributed by atoms with van der Waals surface area (Å²) in [5.41, 5.74) is 5.32. The summed E-state index contributed by atoms with van der Waals surface area (Å²) in [6.07, 6.45) is 2.01. The molecule has 33 heavy (non-hydrogen) atoms. The second-order valence-electron chi connectivity index (χ2n) is 8.66. The minimum absolute atomic E-state index is 0.105. The third kappa shape index (κ3) is 5.62. The normalized spacial score (nSPS) is 11.9. The van der Waals surface area contributed by atoms with Crippen LogP contribution >= 0.6 is 18.5 Å². The van der Waals surface area contributed by atoms with E-state index in [9.17, 15) is 0 Å². The minimum Gasteiger partial charge on any atom is -0.317 e. The first kappa shape index (κ1) is 23.8. The van der Waals surface area contributed by atoms with Crippen molar-refractivity contribution < 1.29 is 0 Å². The first-order valence-corrected chi connectivity index (χ1v) is 12.8. The lowest BCUT2D eigenvalue weighted by Crippen LogP contribution is -2.30. The monoisotopic (exact) mass is 469 g/mol. The van der Waals surface area contributed by atoms with Gasteiger partial charge in [-0.1, -0.05) is 121 Å². The van der Waals surface area contributed by atoms with Crippen molar-refractivity contribution >= 4 is 18.5 Å². The molecule has 0 fully saturated rings. The number of hydrogen-bond acceptors (Lipinski definition) is 1. The zero-order chi connectivity index (χ0) is 23.0. The van der Waals surface area contributed by atoms with Crippen LogP contribution in [0.5, 0.6) is 0 Å². The van der Waals surface area contributed by atoms with Crippen molar-refractivity contribution in [3.63, 3.8) is 0 Å². The van der Waals surface area contributed by atoms with Crippen LogP contribution in [0.4, 0.5) is 0 Å². The average Bonchev–Trinajstić information content (AvgIpc) is 2.90. The van der Waals surface area contributed by atoms with Gasteiger partial charge in [0.05, 0.1) is 0 Å². The molecule has 0 bridgehead atoms. The van der Waals surface area contributed by atoms with Gasteiger partial charge in [-0.3, -0.25) is 0 Å². The molecule has 1 N–H and O–H groups in total. The molecule has 0 aliphatic rings. The SMILES string of the molecule is PC(CCNCCC(P)(c1ccccc1)c1ccccc1)(c1ccccc1)c1ccccc1. The highest BCUT2D eigenvalue weighted by molar-refractivity contribution is 7.19. The van der Waals surface area contributed by atoms with Gasteiger partial charge in [0.2, 0.25) is 0 Å². The molecule has 0 saturated heterocycles. The topological polar surface area (TPSA) is 12.0 Å². The fourth-order valence-corrected chi connectivity index (χ4v) is 5.61. The second kappa shape index (κ2) is 11.2. The molecule has 0 saturated carbocycles. The van der Waals surface area contributed by atoms with Gasteiger partial charge in [0.1, 0.15) is 0 Å². The minimum atomic E-state index is -0.105. The molecule has 0 radical (unpaired) electrons. The fraction of sp³-hybridized carbons (Fsp3) is 0.200. The first-order chi connectivity index (χ1) is 16.1. The molecule has 4 rings (SSSR count). The Kier molecular flexibility index (Phi) is 8.11. The molecular weight excluding hydrogens is 436 g/mol. The van der Waals surface area contributed by atoms with Gasteiger partial charge >= 0.3 is 0 Å². The maximum Gasteiger partial charge on any atom is 0.0356 e. The highest BCUT2D eigenvalue weighted by Crippen LogP contribution is 2.43. The summed E-state index contributed by atoms with van der Waals surface area (Å²) in [6, 6.07) is 43.3. The molecule has 168 valence electrons. The standard InChI is InChI=1S/C30H33NP2/c32-29(25-13-5-1-6-14-25,26-15-7-2-8-16-26)21-23-31-24-22-30(33,27-17-9-3-10-18-27)28-19-11-4-12-20-28/h1-20,31H,21-24,32-33H2. The molecule has 1 nitrogen and oxygen atoms in total. The van der Waals surface area contributed by atoms with E-state index in [2.05, 4.69) is 145 Å². The number of hydrogen-bond donors (Lipinski definition) is 1. The zero-order valence-electron chi connectivity index (χ0n) is 19.0. The molecule has 0 heterocycles. The number of nitrogens with one attached hydrogen (secondary N) is 1. The molecule has 4 aromatic rings.